The van der Waals surface area contributed by atoms with E-state index in [2.05, 4.69) is 22.0 Å². The monoisotopic (exact) mass is 321 g/mol. The van der Waals surface area contributed by atoms with Gasteiger partial charge in [-0.15, -0.1) is 0 Å². The van der Waals surface area contributed by atoms with Crippen LogP contribution < -0.4 is 5.32 Å². The van der Waals surface area contributed by atoms with Gasteiger partial charge in [0.15, 0.2) is 0 Å². The highest BCUT2D eigenvalue weighted by Crippen LogP contribution is 2.19. The van der Waals surface area contributed by atoms with E-state index in [4.69, 9.17) is 0 Å². The number of nitrogens with one attached hydrogen (secondary N) is 1. The fourth-order valence-corrected chi connectivity index (χ4v) is 2.88. The van der Waals surface area contributed by atoms with E-state index in [1.807, 2.05) is 20.2 Å². The minimum absolute atomic E-state index is 0.0340. The number of likely N-dealkylation sites (N-methyl/N-ethyl adjacent to an activating group) is 1. The molecule has 0 radical (unpaired) electrons. The van der Waals surface area contributed by atoms with E-state index >= 15 is 0 Å². The smallest absolute Gasteiger partial charge is 0.224 e. The number of nitrogens with zero attached hydrogens (tertiary/aromatic N) is 2. The van der Waals surface area contributed by atoms with Crippen LogP contribution in [0.25, 0.3) is 0 Å². The quantitative estimate of drug-likeness (QED) is 0.872. The van der Waals surface area contributed by atoms with Gasteiger partial charge in [-0.25, -0.2) is 4.39 Å². The van der Waals surface area contributed by atoms with Gasteiger partial charge in [-0.2, -0.15) is 0 Å². The van der Waals surface area contributed by atoms with Crippen molar-refractivity contribution >= 4 is 5.91 Å². The number of carbonyl (C=O) groups excluding carboxylic acids is 1. The summed E-state index contributed by atoms with van der Waals surface area (Å²) in [5, 5.41) is 3.06. The van der Waals surface area contributed by atoms with Gasteiger partial charge in [-0.1, -0.05) is 12.1 Å². The van der Waals surface area contributed by atoms with Crippen LogP contribution in [0.15, 0.2) is 24.3 Å². The van der Waals surface area contributed by atoms with Crippen LogP contribution in [0.5, 0.6) is 0 Å². The highest BCUT2D eigenvalue weighted by Gasteiger charge is 2.26. The van der Waals surface area contributed by atoms with E-state index < -0.39 is 0 Å². The lowest BCUT2D eigenvalue weighted by molar-refractivity contribution is -0.127. The third-order valence-corrected chi connectivity index (χ3v) is 4.62. The molecule has 1 aliphatic heterocycles. The van der Waals surface area contributed by atoms with E-state index in [0.29, 0.717) is 19.1 Å². The SMILES string of the molecule is C[C@H](CNC(=O)[C@@H]1CCCN(Cc2cccc(F)c2)C1)N(C)C. The average Bonchev–Trinajstić information content (AvgIpc) is 2.52. The van der Waals surface area contributed by atoms with Crippen LogP contribution in [-0.2, 0) is 11.3 Å². The van der Waals surface area contributed by atoms with Crippen LogP contribution in [0.4, 0.5) is 4.39 Å². The highest BCUT2D eigenvalue weighted by atomic mass is 19.1. The Morgan fingerprint density at radius 2 is 2.26 bits per heavy atom. The Hall–Kier alpha value is -1.46. The number of halogens is 1. The standard InChI is InChI=1S/C18H28FN3O/c1-14(21(2)3)11-20-18(23)16-7-5-9-22(13-16)12-15-6-4-8-17(19)10-15/h4,6,8,10,14,16H,5,7,9,11-13H2,1-3H3,(H,20,23)/t14-,16-/m1/s1. The first-order valence-electron chi connectivity index (χ1n) is 8.36. The molecule has 1 N–H and O–H groups in total. The number of rotatable bonds is 6. The van der Waals surface area contributed by atoms with Crippen LogP contribution in [0.2, 0.25) is 0 Å². The number of piperidine rings is 1. The van der Waals surface area contributed by atoms with Crippen molar-refractivity contribution < 1.29 is 9.18 Å². The second-order valence-corrected chi connectivity index (χ2v) is 6.76. The average molecular weight is 321 g/mol. The van der Waals surface area contributed by atoms with Crippen molar-refractivity contribution in [2.75, 3.05) is 33.7 Å². The lowest BCUT2D eigenvalue weighted by Gasteiger charge is -2.32. The number of benzene rings is 1. The Morgan fingerprint density at radius 1 is 1.48 bits per heavy atom. The van der Waals surface area contributed by atoms with Crippen LogP contribution >= 0.6 is 0 Å². The van der Waals surface area contributed by atoms with Crippen molar-refractivity contribution in [1.82, 2.24) is 15.1 Å². The van der Waals surface area contributed by atoms with E-state index in [0.717, 1.165) is 31.5 Å². The largest absolute Gasteiger partial charge is 0.354 e. The number of hydrogen-bond donors (Lipinski definition) is 1. The molecule has 0 unspecified atom stereocenters. The van der Waals surface area contributed by atoms with Crippen molar-refractivity contribution in [3.8, 4) is 0 Å². The summed E-state index contributed by atoms with van der Waals surface area (Å²) in [5.74, 6) is -0.0270. The summed E-state index contributed by atoms with van der Waals surface area (Å²) in [6.45, 7) is 5.19. The molecule has 0 bridgehead atoms. The number of likely N-dealkylation sites (tertiary alicyclic amines) is 1. The van der Waals surface area contributed by atoms with E-state index in [1.54, 1.807) is 12.1 Å². The summed E-state index contributed by atoms with van der Waals surface area (Å²) in [5.41, 5.74) is 0.965. The number of carbonyl (C=O) groups is 1. The van der Waals surface area contributed by atoms with Crippen molar-refractivity contribution in [1.29, 1.82) is 0 Å². The van der Waals surface area contributed by atoms with Crippen molar-refractivity contribution in [3.63, 3.8) is 0 Å². The third-order valence-electron chi connectivity index (χ3n) is 4.62. The molecule has 23 heavy (non-hydrogen) atoms. The Morgan fingerprint density at radius 3 is 2.96 bits per heavy atom. The summed E-state index contributed by atoms with van der Waals surface area (Å²) in [4.78, 5) is 16.7. The predicted molar refractivity (Wildman–Crippen MR) is 90.6 cm³/mol. The number of hydrogen-bond acceptors (Lipinski definition) is 3. The molecule has 0 spiro atoms. The molecule has 2 atom stereocenters. The summed E-state index contributed by atoms with van der Waals surface area (Å²) < 4.78 is 13.3. The van der Waals surface area contributed by atoms with E-state index in [9.17, 15) is 9.18 Å². The summed E-state index contributed by atoms with van der Waals surface area (Å²) in [7, 11) is 4.02. The topological polar surface area (TPSA) is 35.6 Å². The summed E-state index contributed by atoms with van der Waals surface area (Å²) in [6.07, 6.45) is 1.94. The molecule has 1 aromatic rings. The normalized spacial score (nSPS) is 20.5. The van der Waals surface area contributed by atoms with Gasteiger partial charge in [0.2, 0.25) is 5.91 Å². The molecule has 0 aromatic heterocycles. The molecular weight excluding hydrogens is 293 g/mol. The molecule has 128 valence electrons. The van der Waals surface area contributed by atoms with E-state index in [-0.39, 0.29) is 17.6 Å². The molecule has 1 aliphatic rings. The van der Waals surface area contributed by atoms with Gasteiger partial charge in [0.25, 0.3) is 0 Å². The molecule has 1 fully saturated rings. The van der Waals surface area contributed by atoms with Gasteiger partial charge < -0.3 is 10.2 Å². The minimum atomic E-state index is -0.202. The number of amides is 1. The second kappa shape index (κ2) is 8.41. The van der Waals surface area contributed by atoms with Crippen molar-refractivity contribution in [2.45, 2.75) is 32.4 Å². The van der Waals surface area contributed by atoms with Crippen LogP contribution in [0.1, 0.15) is 25.3 Å². The van der Waals surface area contributed by atoms with Crippen molar-refractivity contribution in [2.24, 2.45) is 5.92 Å². The molecule has 1 saturated heterocycles. The Bertz CT molecular complexity index is 521. The molecule has 4 nitrogen and oxygen atoms in total. The Balaban J connectivity index is 1.84. The van der Waals surface area contributed by atoms with Gasteiger partial charge >= 0.3 is 0 Å². The van der Waals surface area contributed by atoms with Gasteiger partial charge in [0, 0.05) is 25.7 Å². The zero-order valence-electron chi connectivity index (χ0n) is 14.4. The second-order valence-electron chi connectivity index (χ2n) is 6.76. The minimum Gasteiger partial charge on any atom is -0.354 e. The first-order valence-corrected chi connectivity index (χ1v) is 8.36. The molecule has 0 saturated carbocycles. The maximum Gasteiger partial charge on any atom is 0.224 e. The van der Waals surface area contributed by atoms with Crippen LogP contribution in [0, 0.1) is 11.7 Å². The zero-order valence-corrected chi connectivity index (χ0v) is 14.4. The van der Waals surface area contributed by atoms with Crippen LogP contribution in [0.3, 0.4) is 0 Å². The third kappa shape index (κ3) is 5.59. The first kappa shape index (κ1) is 17.9. The Labute approximate surface area is 138 Å². The fraction of sp³-hybridized carbons (Fsp3) is 0.611. The lowest BCUT2D eigenvalue weighted by atomic mass is 9.96. The van der Waals surface area contributed by atoms with Gasteiger partial charge in [0.05, 0.1) is 5.92 Å². The van der Waals surface area contributed by atoms with E-state index in [1.165, 1.54) is 6.07 Å². The van der Waals surface area contributed by atoms with Crippen molar-refractivity contribution in [3.05, 3.63) is 35.6 Å². The summed E-state index contributed by atoms with van der Waals surface area (Å²) in [6, 6.07) is 7.03. The molecule has 0 aliphatic carbocycles. The highest BCUT2D eigenvalue weighted by molar-refractivity contribution is 5.79. The Kier molecular flexibility index (Phi) is 6.54. The molecule has 5 heteroatoms. The predicted octanol–water partition coefficient (Wildman–Crippen LogP) is 2.10. The summed E-state index contributed by atoms with van der Waals surface area (Å²) >= 11 is 0. The lowest BCUT2D eigenvalue weighted by Crippen LogP contribution is -2.45. The van der Waals surface area contributed by atoms with Gasteiger partial charge in [-0.3, -0.25) is 9.69 Å². The van der Waals surface area contributed by atoms with Crippen LogP contribution in [-0.4, -0.2) is 55.5 Å². The molecular formula is C18H28FN3O. The molecule has 1 amide bonds. The first-order chi connectivity index (χ1) is 11.0. The maximum atomic E-state index is 13.3. The zero-order chi connectivity index (χ0) is 16.8. The van der Waals surface area contributed by atoms with Gasteiger partial charge in [0.1, 0.15) is 5.82 Å². The fourth-order valence-electron chi connectivity index (χ4n) is 2.88. The molecule has 2 rings (SSSR count). The van der Waals surface area contributed by atoms with Gasteiger partial charge in [-0.05, 0) is 58.1 Å². The molecule has 1 heterocycles. The maximum absolute atomic E-state index is 13.3. The molecule has 1 aromatic carbocycles.